The lowest BCUT2D eigenvalue weighted by atomic mass is 10.1. The predicted molar refractivity (Wildman–Crippen MR) is 160 cm³/mol. The fraction of sp³-hybridized carbons (Fsp3) is 0.0909. The predicted octanol–water partition coefficient (Wildman–Crippen LogP) is 7.39. The minimum Gasteiger partial charge on any atom is -0.494 e. The van der Waals surface area contributed by atoms with Gasteiger partial charge < -0.3 is 14.0 Å². The molecule has 6 nitrogen and oxygen atoms in total. The van der Waals surface area contributed by atoms with Gasteiger partial charge in [-0.05, 0) is 66.6 Å². The number of aromatic nitrogens is 1. The number of hydrogen-bond donors (Lipinski definition) is 1. The Morgan fingerprint density at radius 1 is 0.825 bits per heavy atom. The number of amides is 1. The van der Waals surface area contributed by atoms with Crippen molar-refractivity contribution < 1.29 is 14.3 Å². The summed E-state index contributed by atoms with van der Waals surface area (Å²) >= 11 is 5.99. The van der Waals surface area contributed by atoms with Crippen LogP contribution in [0, 0.1) is 0 Å². The maximum absolute atomic E-state index is 12.4. The molecule has 0 saturated heterocycles. The Bertz CT molecular complexity index is 1600. The third-order valence-corrected chi connectivity index (χ3v) is 6.35. The van der Waals surface area contributed by atoms with Crippen molar-refractivity contribution in [3.8, 4) is 39.7 Å². The molecule has 0 aliphatic carbocycles. The minimum atomic E-state index is -0.383. The van der Waals surface area contributed by atoms with E-state index in [4.69, 9.17) is 21.1 Å². The number of hydrazone groups is 1. The zero-order valence-corrected chi connectivity index (χ0v) is 22.7. The van der Waals surface area contributed by atoms with Crippen LogP contribution in [0.1, 0.15) is 12.5 Å². The van der Waals surface area contributed by atoms with Crippen LogP contribution in [0.4, 0.5) is 0 Å². The number of rotatable bonds is 10. The van der Waals surface area contributed by atoms with Crippen molar-refractivity contribution in [3.63, 3.8) is 0 Å². The van der Waals surface area contributed by atoms with Crippen molar-refractivity contribution in [1.29, 1.82) is 0 Å². The minimum absolute atomic E-state index is 0.189. The van der Waals surface area contributed by atoms with Crippen LogP contribution in [-0.4, -0.2) is 29.9 Å². The van der Waals surface area contributed by atoms with Gasteiger partial charge in [-0.25, -0.2) is 5.43 Å². The van der Waals surface area contributed by atoms with E-state index in [1.54, 1.807) is 30.5 Å². The van der Waals surface area contributed by atoms with Crippen LogP contribution in [0.15, 0.2) is 120 Å². The summed E-state index contributed by atoms with van der Waals surface area (Å²) in [4.78, 5) is 12.4. The Hall–Kier alpha value is -4.81. The van der Waals surface area contributed by atoms with Gasteiger partial charge in [-0.1, -0.05) is 78.3 Å². The van der Waals surface area contributed by atoms with E-state index < -0.39 is 0 Å². The highest BCUT2D eigenvalue weighted by atomic mass is 35.5. The number of carbonyl (C=O) groups is 1. The van der Waals surface area contributed by atoms with Gasteiger partial charge in [0.2, 0.25) is 0 Å². The maximum Gasteiger partial charge on any atom is 0.277 e. The monoisotopic (exact) mass is 549 g/mol. The molecule has 200 valence electrons. The summed E-state index contributed by atoms with van der Waals surface area (Å²) in [5, 5.41) is 4.81. The Labute approximate surface area is 238 Å². The molecule has 0 unspecified atom stereocenters. The second kappa shape index (κ2) is 12.8. The number of halogens is 1. The Morgan fingerprint density at radius 2 is 1.52 bits per heavy atom. The van der Waals surface area contributed by atoms with Gasteiger partial charge >= 0.3 is 0 Å². The first kappa shape index (κ1) is 26.8. The molecule has 0 bridgehead atoms. The first-order valence-electron chi connectivity index (χ1n) is 12.9. The second-order valence-electron chi connectivity index (χ2n) is 8.87. The maximum atomic E-state index is 12.4. The smallest absolute Gasteiger partial charge is 0.277 e. The normalized spacial score (nSPS) is 10.9. The number of carbonyl (C=O) groups excluding carboxylic acids is 1. The molecule has 5 aromatic rings. The first-order valence-corrected chi connectivity index (χ1v) is 13.3. The van der Waals surface area contributed by atoms with E-state index in [1.807, 2.05) is 67.6 Å². The molecule has 1 amide bonds. The average Bonchev–Trinajstić information content (AvgIpc) is 3.37. The van der Waals surface area contributed by atoms with Gasteiger partial charge in [0.05, 0.1) is 24.2 Å². The Balaban J connectivity index is 1.50. The van der Waals surface area contributed by atoms with Gasteiger partial charge in [-0.3, -0.25) is 4.79 Å². The van der Waals surface area contributed by atoms with E-state index in [0.29, 0.717) is 17.4 Å². The second-order valence-corrected chi connectivity index (χ2v) is 9.30. The largest absolute Gasteiger partial charge is 0.494 e. The molecular formula is C33H28ClN3O3. The summed E-state index contributed by atoms with van der Waals surface area (Å²) in [6.07, 6.45) is 1.66. The van der Waals surface area contributed by atoms with Crippen molar-refractivity contribution >= 4 is 23.7 Å². The molecule has 0 fully saturated rings. The molecule has 0 saturated carbocycles. The molecule has 40 heavy (non-hydrogen) atoms. The molecule has 1 heterocycles. The first-order chi connectivity index (χ1) is 19.6. The van der Waals surface area contributed by atoms with E-state index >= 15 is 0 Å². The van der Waals surface area contributed by atoms with E-state index in [2.05, 4.69) is 45.4 Å². The number of benzene rings is 4. The van der Waals surface area contributed by atoms with E-state index in [9.17, 15) is 4.79 Å². The molecule has 0 aliphatic heterocycles. The molecule has 0 aliphatic rings. The highest BCUT2D eigenvalue weighted by Crippen LogP contribution is 2.35. The molecular weight excluding hydrogens is 522 g/mol. The van der Waals surface area contributed by atoms with Crippen molar-refractivity contribution in [2.75, 3.05) is 13.2 Å². The van der Waals surface area contributed by atoms with Crippen LogP contribution in [0.25, 0.3) is 28.2 Å². The van der Waals surface area contributed by atoms with Crippen molar-refractivity contribution in [2.24, 2.45) is 5.10 Å². The summed E-state index contributed by atoms with van der Waals surface area (Å²) in [5.41, 5.74) is 8.37. The third-order valence-electron chi connectivity index (χ3n) is 6.11. The fourth-order valence-corrected chi connectivity index (χ4v) is 4.56. The molecule has 5 rings (SSSR count). The van der Waals surface area contributed by atoms with Gasteiger partial charge in [0, 0.05) is 16.3 Å². The van der Waals surface area contributed by atoms with Gasteiger partial charge in [-0.2, -0.15) is 5.10 Å². The number of hydrogen-bond acceptors (Lipinski definition) is 4. The number of nitrogens with one attached hydrogen (secondary N) is 1. The lowest BCUT2D eigenvalue weighted by Gasteiger charge is -2.15. The topological polar surface area (TPSA) is 64.8 Å². The molecule has 0 atom stereocenters. The fourth-order valence-electron chi connectivity index (χ4n) is 4.38. The van der Waals surface area contributed by atoms with Crippen LogP contribution < -0.4 is 14.9 Å². The summed E-state index contributed by atoms with van der Waals surface area (Å²) in [7, 11) is 0. The highest BCUT2D eigenvalue weighted by Gasteiger charge is 2.19. The average molecular weight is 550 g/mol. The molecule has 7 heteroatoms. The number of ether oxygens (including phenoxy) is 2. The highest BCUT2D eigenvalue weighted by molar-refractivity contribution is 6.30. The molecule has 4 aromatic carbocycles. The molecule has 1 aromatic heterocycles. The Morgan fingerprint density at radius 3 is 2.20 bits per heavy atom. The quantitative estimate of drug-likeness (QED) is 0.146. The zero-order chi connectivity index (χ0) is 27.7. The SMILES string of the molecule is CCOc1ccc(-n2c(-c3ccccc3)cc(/C=N\NC(=O)COc3cccc(Cl)c3)c2-c2ccccc2)cc1. The van der Waals surface area contributed by atoms with E-state index in [-0.39, 0.29) is 12.5 Å². The van der Waals surface area contributed by atoms with Crippen molar-refractivity contribution in [1.82, 2.24) is 9.99 Å². The lowest BCUT2D eigenvalue weighted by molar-refractivity contribution is -0.123. The van der Waals surface area contributed by atoms with E-state index in [0.717, 1.165) is 39.5 Å². The summed E-state index contributed by atoms with van der Waals surface area (Å²) < 4.78 is 13.4. The van der Waals surface area contributed by atoms with Crippen LogP contribution >= 0.6 is 11.6 Å². The third kappa shape index (κ3) is 6.42. The zero-order valence-electron chi connectivity index (χ0n) is 22.0. The number of nitrogens with zero attached hydrogens (tertiary/aromatic N) is 2. The standard InChI is InChI=1S/C33H28ClN3O3/c1-2-39-29-18-16-28(17-19-29)37-31(24-10-5-3-6-11-24)20-26(33(37)25-12-7-4-8-13-25)22-35-36-32(38)23-40-30-15-9-14-27(34)21-30/h3-22H,2,23H2,1H3,(H,36,38)/b35-22-. The van der Waals surface area contributed by atoms with Crippen LogP contribution in [0.5, 0.6) is 11.5 Å². The summed E-state index contributed by atoms with van der Waals surface area (Å²) in [5.74, 6) is 0.940. The van der Waals surface area contributed by atoms with Crippen LogP contribution in [-0.2, 0) is 4.79 Å². The molecule has 0 radical (unpaired) electrons. The van der Waals surface area contributed by atoms with Gasteiger partial charge in [-0.15, -0.1) is 0 Å². The van der Waals surface area contributed by atoms with Gasteiger partial charge in [0.1, 0.15) is 11.5 Å². The van der Waals surface area contributed by atoms with Crippen molar-refractivity contribution in [3.05, 3.63) is 126 Å². The lowest BCUT2D eigenvalue weighted by Crippen LogP contribution is -2.24. The summed E-state index contributed by atoms with van der Waals surface area (Å²) in [6, 6.07) is 37.3. The van der Waals surface area contributed by atoms with Gasteiger partial charge in [0.25, 0.3) is 5.91 Å². The van der Waals surface area contributed by atoms with E-state index in [1.165, 1.54) is 0 Å². The van der Waals surface area contributed by atoms with Crippen LogP contribution in [0.2, 0.25) is 5.02 Å². The Kier molecular flexibility index (Phi) is 8.59. The van der Waals surface area contributed by atoms with Crippen molar-refractivity contribution in [2.45, 2.75) is 6.92 Å². The molecule has 1 N–H and O–H groups in total. The summed E-state index contributed by atoms with van der Waals surface area (Å²) in [6.45, 7) is 2.38. The van der Waals surface area contributed by atoms with Crippen LogP contribution in [0.3, 0.4) is 0 Å². The van der Waals surface area contributed by atoms with Gasteiger partial charge in [0.15, 0.2) is 6.61 Å². The molecule has 0 spiro atoms.